The van der Waals surface area contributed by atoms with Crippen LogP contribution in [0.25, 0.3) is 10.8 Å². The Morgan fingerprint density at radius 1 is 1.13 bits per heavy atom. The van der Waals surface area contributed by atoms with E-state index in [0.717, 1.165) is 16.7 Å². The number of hydrogen-bond acceptors (Lipinski definition) is 1. The molecule has 0 aliphatic carbocycles. The van der Waals surface area contributed by atoms with E-state index in [1.54, 1.807) is 0 Å². The molecule has 0 saturated heterocycles. The van der Waals surface area contributed by atoms with Gasteiger partial charge in [-0.3, -0.25) is 4.90 Å². The number of likely N-dealkylation sites (N-methyl/N-ethyl adjacent to an activating group) is 1. The third-order valence-corrected chi connectivity index (χ3v) is 4.17. The predicted molar refractivity (Wildman–Crippen MR) is 110 cm³/mol. The smallest absolute Gasteiger partial charge is 0.0602 e. The monoisotopic (exact) mass is 417 g/mol. The molecule has 0 aliphatic heterocycles. The zero-order valence-electron chi connectivity index (χ0n) is 14.4. The highest BCUT2D eigenvalue weighted by Crippen LogP contribution is 2.19. The molecule has 120 valence electrons. The van der Waals surface area contributed by atoms with E-state index in [1.165, 1.54) is 16.3 Å². The molecule has 0 spiro atoms. The molecule has 0 radical (unpaired) electrons. The molecule has 0 N–H and O–H groups in total. The molecular formula is C21H24IN. The quantitative estimate of drug-likeness (QED) is 0.460. The van der Waals surface area contributed by atoms with Gasteiger partial charge in [-0.1, -0.05) is 54.3 Å². The maximum atomic E-state index is 3.27. The van der Waals surface area contributed by atoms with E-state index in [2.05, 4.69) is 116 Å². The van der Waals surface area contributed by atoms with E-state index >= 15 is 0 Å². The number of halogens is 1. The third kappa shape index (κ3) is 6.01. The van der Waals surface area contributed by atoms with E-state index in [-0.39, 0.29) is 5.41 Å². The Kier molecular flexibility index (Phi) is 6.26. The van der Waals surface area contributed by atoms with Crippen molar-refractivity contribution >= 4 is 33.4 Å². The van der Waals surface area contributed by atoms with Crippen LogP contribution in [0.1, 0.15) is 26.3 Å². The largest absolute Gasteiger partial charge is 0.298 e. The van der Waals surface area contributed by atoms with Crippen molar-refractivity contribution in [2.24, 2.45) is 5.41 Å². The van der Waals surface area contributed by atoms with E-state index in [9.17, 15) is 0 Å². The minimum Gasteiger partial charge on any atom is -0.298 e. The van der Waals surface area contributed by atoms with Crippen LogP contribution in [0.2, 0.25) is 0 Å². The van der Waals surface area contributed by atoms with Crippen LogP contribution in [0.15, 0.2) is 52.1 Å². The number of nitrogens with zero attached hydrogens (tertiary/aromatic N) is 1. The Morgan fingerprint density at radius 3 is 2.57 bits per heavy atom. The Morgan fingerprint density at radius 2 is 1.83 bits per heavy atom. The fourth-order valence-corrected chi connectivity index (χ4v) is 2.65. The highest BCUT2D eigenvalue weighted by molar-refractivity contribution is 14.1. The van der Waals surface area contributed by atoms with Crippen LogP contribution in [-0.2, 0) is 6.54 Å². The summed E-state index contributed by atoms with van der Waals surface area (Å²) in [5.74, 6) is 6.52. The van der Waals surface area contributed by atoms with Crippen LogP contribution < -0.4 is 0 Å². The maximum Gasteiger partial charge on any atom is 0.0602 e. The molecule has 2 heteroatoms. The molecule has 1 nitrogen and oxygen atoms in total. The average molecular weight is 417 g/mol. The molecule has 0 fully saturated rings. The van der Waals surface area contributed by atoms with Crippen LogP contribution in [0, 0.1) is 17.3 Å². The second kappa shape index (κ2) is 7.99. The van der Waals surface area contributed by atoms with E-state index < -0.39 is 0 Å². The lowest BCUT2D eigenvalue weighted by Gasteiger charge is -2.16. The van der Waals surface area contributed by atoms with Crippen LogP contribution in [-0.4, -0.2) is 18.5 Å². The molecule has 0 bridgehead atoms. The first-order chi connectivity index (χ1) is 10.8. The van der Waals surface area contributed by atoms with Gasteiger partial charge in [0.15, 0.2) is 0 Å². The molecule has 0 aliphatic rings. The molecule has 0 aromatic heterocycles. The summed E-state index contributed by atoms with van der Waals surface area (Å²) in [7, 11) is 2.15. The van der Waals surface area contributed by atoms with Crippen LogP contribution in [0.3, 0.4) is 0 Å². The van der Waals surface area contributed by atoms with Crippen molar-refractivity contribution in [3.63, 3.8) is 0 Å². The van der Waals surface area contributed by atoms with Gasteiger partial charge in [-0.15, -0.1) is 0 Å². The van der Waals surface area contributed by atoms with E-state index in [4.69, 9.17) is 0 Å². The van der Waals surface area contributed by atoms with Gasteiger partial charge >= 0.3 is 0 Å². The summed E-state index contributed by atoms with van der Waals surface area (Å²) in [6.07, 6.45) is 2.20. The normalized spacial score (nSPS) is 12.3. The van der Waals surface area contributed by atoms with Gasteiger partial charge in [0.25, 0.3) is 0 Å². The molecule has 0 atom stereocenters. The van der Waals surface area contributed by atoms with Crippen molar-refractivity contribution in [1.29, 1.82) is 0 Å². The summed E-state index contributed by atoms with van der Waals surface area (Å²) in [6.45, 7) is 8.25. The number of hydrogen-bond donors (Lipinski definition) is 0. The fraction of sp³-hybridized carbons (Fsp3) is 0.333. The van der Waals surface area contributed by atoms with Crippen LogP contribution in [0.5, 0.6) is 0 Å². The van der Waals surface area contributed by atoms with Gasteiger partial charge in [0, 0.05) is 18.5 Å². The number of rotatable bonds is 4. The average Bonchev–Trinajstić information content (AvgIpc) is 2.50. The van der Waals surface area contributed by atoms with Crippen molar-refractivity contribution in [2.75, 3.05) is 13.6 Å². The first-order valence-electron chi connectivity index (χ1n) is 7.89. The number of allylic oxidation sites excluding steroid dienone is 1. The highest BCUT2D eigenvalue weighted by Gasteiger charge is 2.05. The molecule has 2 aromatic carbocycles. The molecule has 0 amide bonds. The molecular weight excluding hydrogens is 393 g/mol. The molecule has 0 unspecified atom stereocenters. The summed E-state index contributed by atoms with van der Waals surface area (Å²) in [5.41, 5.74) is 1.42. The van der Waals surface area contributed by atoms with Gasteiger partial charge in [0.2, 0.25) is 0 Å². The van der Waals surface area contributed by atoms with Crippen LogP contribution >= 0.6 is 22.6 Å². The van der Waals surface area contributed by atoms with Crippen molar-refractivity contribution < 1.29 is 0 Å². The SMILES string of the molecule is CN(C/C=C(/I)C#CC(C)(C)C)Cc1cccc2ccccc12. The minimum absolute atomic E-state index is 0.0547. The highest BCUT2D eigenvalue weighted by atomic mass is 127. The van der Waals surface area contributed by atoms with Gasteiger partial charge < -0.3 is 0 Å². The fourth-order valence-electron chi connectivity index (χ4n) is 2.32. The van der Waals surface area contributed by atoms with Crippen LogP contribution in [0.4, 0.5) is 0 Å². The van der Waals surface area contributed by atoms with Crippen molar-refractivity contribution in [3.05, 3.63) is 57.7 Å². The van der Waals surface area contributed by atoms with Gasteiger partial charge in [-0.25, -0.2) is 0 Å². The lowest BCUT2D eigenvalue weighted by Crippen LogP contribution is -2.18. The van der Waals surface area contributed by atoms with E-state index in [1.807, 2.05) is 0 Å². The Balaban J connectivity index is 2.04. The maximum absolute atomic E-state index is 3.27. The third-order valence-electron chi connectivity index (χ3n) is 3.46. The molecule has 2 aromatic rings. The predicted octanol–water partition coefficient (Wildman–Crippen LogP) is 5.64. The topological polar surface area (TPSA) is 3.24 Å². The molecule has 2 rings (SSSR count). The first kappa shape index (κ1) is 18.0. The first-order valence-corrected chi connectivity index (χ1v) is 8.97. The summed E-state index contributed by atoms with van der Waals surface area (Å²) >= 11 is 2.32. The summed E-state index contributed by atoms with van der Waals surface area (Å²) in [5, 5.41) is 2.65. The van der Waals surface area contributed by atoms with Gasteiger partial charge in [0.05, 0.1) is 3.58 Å². The Labute approximate surface area is 153 Å². The summed E-state index contributed by atoms with van der Waals surface area (Å²) in [4.78, 5) is 2.32. The standard InChI is InChI=1S/C21H24IN/c1-21(2,3)14-12-19(22)13-15-23(4)16-18-10-7-9-17-8-5-6-11-20(17)18/h5-11,13H,15-16H2,1-4H3/b19-13+. The minimum atomic E-state index is 0.0547. The molecule has 23 heavy (non-hydrogen) atoms. The Hall–Kier alpha value is -1.31. The second-order valence-electron chi connectivity index (χ2n) is 6.89. The summed E-state index contributed by atoms with van der Waals surface area (Å²) < 4.78 is 1.11. The second-order valence-corrected chi connectivity index (χ2v) is 8.05. The van der Waals surface area contributed by atoms with Gasteiger partial charge in [-0.2, -0.15) is 0 Å². The van der Waals surface area contributed by atoms with Gasteiger partial charge in [-0.05, 0) is 72.8 Å². The lowest BCUT2D eigenvalue weighted by atomic mass is 9.98. The van der Waals surface area contributed by atoms with E-state index in [0.29, 0.717) is 0 Å². The lowest BCUT2D eigenvalue weighted by molar-refractivity contribution is 0.365. The molecule has 0 heterocycles. The van der Waals surface area contributed by atoms with Crippen molar-refractivity contribution in [2.45, 2.75) is 27.3 Å². The number of benzene rings is 2. The van der Waals surface area contributed by atoms with Gasteiger partial charge in [0.1, 0.15) is 0 Å². The van der Waals surface area contributed by atoms with Crippen molar-refractivity contribution in [1.82, 2.24) is 4.90 Å². The zero-order chi connectivity index (χ0) is 16.9. The zero-order valence-corrected chi connectivity index (χ0v) is 16.5. The number of fused-ring (bicyclic) bond motifs is 1. The Bertz CT molecular complexity index is 751. The summed E-state index contributed by atoms with van der Waals surface area (Å²) in [6, 6.07) is 15.1. The van der Waals surface area contributed by atoms with Crippen molar-refractivity contribution in [3.8, 4) is 11.8 Å². The molecule has 0 saturated carbocycles.